The van der Waals surface area contributed by atoms with Crippen molar-refractivity contribution in [3.63, 3.8) is 0 Å². The van der Waals surface area contributed by atoms with Crippen LogP contribution in [0.3, 0.4) is 0 Å². The topological polar surface area (TPSA) is 28.2 Å². The molecule has 0 amide bonds. The lowest BCUT2D eigenvalue weighted by Crippen LogP contribution is -2.33. The van der Waals surface area contributed by atoms with Crippen molar-refractivity contribution in [1.82, 2.24) is 15.2 Å². The first-order valence-electron chi connectivity index (χ1n) is 7.56. The molecule has 0 aliphatic carbocycles. The minimum absolute atomic E-state index is 0.0610. The highest BCUT2D eigenvalue weighted by molar-refractivity contribution is 6.35. The van der Waals surface area contributed by atoms with Crippen molar-refractivity contribution in [1.29, 1.82) is 0 Å². The molecular formula is C17H19Cl2N3. The molecule has 1 N–H and O–H groups in total. The van der Waals surface area contributed by atoms with Gasteiger partial charge in [-0.3, -0.25) is 9.88 Å². The summed E-state index contributed by atoms with van der Waals surface area (Å²) >= 11 is 12.5. The molecule has 1 aliphatic rings. The Morgan fingerprint density at radius 2 is 2.00 bits per heavy atom. The predicted octanol–water partition coefficient (Wildman–Crippen LogP) is 3.77. The third-order valence-corrected chi connectivity index (χ3v) is 4.53. The molecule has 0 spiro atoms. The summed E-state index contributed by atoms with van der Waals surface area (Å²) < 4.78 is 0. The van der Waals surface area contributed by atoms with Crippen LogP contribution in [0, 0.1) is 0 Å². The molecule has 5 heteroatoms. The van der Waals surface area contributed by atoms with Crippen LogP contribution in [0.5, 0.6) is 0 Å². The van der Waals surface area contributed by atoms with Gasteiger partial charge < -0.3 is 5.32 Å². The summed E-state index contributed by atoms with van der Waals surface area (Å²) in [6.07, 6.45) is 2.96. The summed E-state index contributed by atoms with van der Waals surface area (Å²) in [4.78, 5) is 7.01. The number of nitrogens with zero attached hydrogens (tertiary/aromatic N) is 2. The fourth-order valence-corrected chi connectivity index (χ4v) is 3.44. The fourth-order valence-electron chi connectivity index (χ4n) is 2.93. The number of benzene rings is 1. The smallest absolute Gasteiger partial charge is 0.0791 e. The van der Waals surface area contributed by atoms with E-state index in [0.29, 0.717) is 10.0 Å². The number of rotatable bonds is 3. The van der Waals surface area contributed by atoms with Crippen molar-refractivity contribution in [2.45, 2.75) is 12.5 Å². The zero-order valence-electron chi connectivity index (χ0n) is 12.3. The van der Waals surface area contributed by atoms with Gasteiger partial charge in [-0.1, -0.05) is 35.3 Å². The summed E-state index contributed by atoms with van der Waals surface area (Å²) in [5.41, 5.74) is 2.08. The molecule has 116 valence electrons. The molecule has 0 bridgehead atoms. The molecule has 1 aliphatic heterocycles. The van der Waals surface area contributed by atoms with Crippen LogP contribution >= 0.6 is 23.2 Å². The van der Waals surface area contributed by atoms with Crippen molar-refractivity contribution in [3.05, 3.63) is 63.9 Å². The SMILES string of the molecule is Clc1ccc(C(c2ccccn2)N2CCCNCC2)c(Cl)c1. The molecule has 1 aromatic heterocycles. The van der Waals surface area contributed by atoms with Crippen molar-refractivity contribution < 1.29 is 0 Å². The standard InChI is InChI=1S/C17H19Cl2N3/c18-13-5-6-14(15(19)12-13)17(16-4-1-2-8-21-16)22-10-3-7-20-9-11-22/h1-2,4-6,8,12,17,20H,3,7,9-11H2. The molecule has 0 radical (unpaired) electrons. The lowest BCUT2D eigenvalue weighted by Gasteiger charge is -2.31. The van der Waals surface area contributed by atoms with Gasteiger partial charge in [0.25, 0.3) is 0 Å². The van der Waals surface area contributed by atoms with Gasteiger partial charge in [0.2, 0.25) is 0 Å². The lowest BCUT2D eigenvalue weighted by atomic mass is 10.0. The van der Waals surface area contributed by atoms with Crippen LogP contribution in [-0.4, -0.2) is 36.1 Å². The number of aromatic nitrogens is 1. The Morgan fingerprint density at radius 3 is 2.77 bits per heavy atom. The molecule has 2 heterocycles. The quantitative estimate of drug-likeness (QED) is 0.925. The van der Waals surface area contributed by atoms with Crippen LogP contribution in [0.15, 0.2) is 42.6 Å². The average molecular weight is 336 g/mol. The maximum atomic E-state index is 6.48. The molecule has 1 atom stereocenters. The third-order valence-electron chi connectivity index (χ3n) is 3.96. The van der Waals surface area contributed by atoms with Gasteiger partial charge in [-0.15, -0.1) is 0 Å². The molecule has 3 nitrogen and oxygen atoms in total. The predicted molar refractivity (Wildman–Crippen MR) is 91.6 cm³/mol. The normalized spacial score (nSPS) is 17.9. The number of hydrogen-bond donors (Lipinski definition) is 1. The first-order chi connectivity index (χ1) is 10.8. The van der Waals surface area contributed by atoms with E-state index in [-0.39, 0.29) is 6.04 Å². The zero-order chi connectivity index (χ0) is 15.4. The average Bonchev–Trinajstić information content (AvgIpc) is 2.80. The second-order valence-corrected chi connectivity index (χ2v) is 6.31. The van der Waals surface area contributed by atoms with E-state index in [1.54, 1.807) is 0 Å². The number of hydrogen-bond acceptors (Lipinski definition) is 3. The van der Waals surface area contributed by atoms with E-state index in [1.807, 2.05) is 36.5 Å². The molecule has 3 rings (SSSR count). The summed E-state index contributed by atoms with van der Waals surface area (Å²) in [5.74, 6) is 0. The molecule has 1 unspecified atom stereocenters. The van der Waals surface area contributed by atoms with E-state index >= 15 is 0 Å². The van der Waals surface area contributed by atoms with Crippen LogP contribution in [0.4, 0.5) is 0 Å². The third kappa shape index (κ3) is 3.61. The second kappa shape index (κ2) is 7.42. The zero-order valence-corrected chi connectivity index (χ0v) is 13.8. The van der Waals surface area contributed by atoms with Gasteiger partial charge >= 0.3 is 0 Å². The van der Waals surface area contributed by atoms with Crippen LogP contribution in [0.2, 0.25) is 10.0 Å². The Kier molecular flexibility index (Phi) is 5.32. The summed E-state index contributed by atoms with van der Waals surface area (Å²) in [6, 6.07) is 11.8. The second-order valence-electron chi connectivity index (χ2n) is 5.46. The highest BCUT2D eigenvalue weighted by atomic mass is 35.5. The van der Waals surface area contributed by atoms with E-state index < -0.39 is 0 Å². The largest absolute Gasteiger partial charge is 0.315 e. The number of nitrogens with one attached hydrogen (secondary N) is 1. The molecule has 1 aromatic carbocycles. The molecule has 1 saturated heterocycles. The fraction of sp³-hybridized carbons (Fsp3) is 0.353. The van der Waals surface area contributed by atoms with E-state index in [1.165, 1.54) is 0 Å². The Labute approximate surface area is 141 Å². The van der Waals surface area contributed by atoms with Gasteiger partial charge in [-0.2, -0.15) is 0 Å². The Morgan fingerprint density at radius 1 is 1.09 bits per heavy atom. The van der Waals surface area contributed by atoms with E-state index in [2.05, 4.69) is 21.3 Å². The maximum Gasteiger partial charge on any atom is 0.0791 e. The molecular weight excluding hydrogens is 317 g/mol. The highest BCUT2D eigenvalue weighted by Gasteiger charge is 2.26. The Balaban J connectivity index is 2.02. The first kappa shape index (κ1) is 15.8. The van der Waals surface area contributed by atoms with Gasteiger partial charge in [-0.25, -0.2) is 0 Å². The molecule has 1 fully saturated rings. The van der Waals surface area contributed by atoms with Crippen molar-refractivity contribution in [3.8, 4) is 0 Å². The van der Waals surface area contributed by atoms with Gasteiger partial charge in [0.1, 0.15) is 0 Å². The minimum atomic E-state index is 0.0610. The van der Waals surface area contributed by atoms with Gasteiger partial charge in [-0.05, 0) is 42.8 Å². The first-order valence-corrected chi connectivity index (χ1v) is 8.32. The van der Waals surface area contributed by atoms with Gasteiger partial charge in [0, 0.05) is 35.9 Å². The van der Waals surface area contributed by atoms with Crippen molar-refractivity contribution >= 4 is 23.2 Å². The maximum absolute atomic E-state index is 6.48. The van der Waals surface area contributed by atoms with E-state index in [0.717, 1.165) is 43.9 Å². The molecule has 2 aromatic rings. The van der Waals surface area contributed by atoms with E-state index in [9.17, 15) is 0 Å². The summed E-state index contributed by atoms with van der Waals surface area (Å²) in [7, 11) is 0. The highest BCUT2D eigenvalue weighted by Crippen LogP contribution is 2.34. The van der Waals surface area contributed by atoms with Crippen LogP contribution in [0.25, 0.3) is 0 Å². The lowest BCUT2D eigenvalue weighted by molar-refractivity contribution is 0.237. The van der Waals surface area contributed by atoms with Gasteiger partial charge in [0.05, 0.1) is 11.7 Å². The molecule has 0 saturated carbocycles. The Hall–Kier alpha value is -1.13. The van der Waals surface area contributed by atoms with Crippen molar-refractivity contribution in [2.24, 2.45) is 0 Å². The summed E-state index contributed by atoms with van der Waals surface area (Å²) in [6.45, 7) is 4.03. The van der Waals surface area contributed by atoms with Crippen LogP contribution in [0.1, 0.15) is 23.7 Å². The van der Waals surface area contributed by atoms with Gasteiger partial charge in [0.15, 0.2) is 0 Å². The Bertz CT molecular complexity index is 611. The monoisotopic (exact) mass is 335 g/mol. The van der Waals surface area contributed by atoms with Crippen LogP contribution < -0.4 is 5.32 Å². The molecule has 22 heavy (non-hydrogen) atoms. The number of halogens is 2. The minimum Gasteiger partial charge on any atom is -0.315 e. The summed E-state index contributed by atoms with van der Waals surface area (Å²) in [5, 5.41) is 4.80. The van der Waals surface area contributed by atoms with Crippen LogP contribution in [-0.2, 0) is 0 Å². The van der Waals surface area contributed by atoms with Crippen molar-refractivity contribution in [2.75, 3.05) is 26.2 Å². The van der Waals surface area contributed by atoms with E-state index in [4.69, 9.17) is 23.2 Å². The number of pyridine rings is 1.